The van der Waals surface area contributed by atoms with Crippen LogP contribution in [0.1, 0.15) is 60.1 Å². The number of nitrogens with zero attached hydrogens (tertiary/aromatic N) is 2. The number of aromatic nitrogens is 1. The van der Waals surface area contributed by atoms with Crippen LogP contribution in [0.2, 0.25) is 0 Å². The molecule has 0 spiro atoms. The Hall–Kier alpha value is -2.48. The first-order valence-corrected chi connectivity index (χ1v) is 9.60. The highest BCUT2D eigenvalue weighted by molar-refractivity contribution is 5.90. The maximum atomic E-state index is 13.0. The number of fused-ring (bicyclic) bond motifs is 1. The molecule has 2 aromatic rings. The lowest BCUT2D eigenvalue weighted by atomic mass is 10.1. The second kappa shape index (κ2) is 8.47. The van der Waals surface area contributed by atoms with Gasteiger partial charge in [0.15, 0.2) is 11.4 Å². The molecule has 0 bridgehead atoms. The Morgan fingerprint density at radius 3 is 2.48 bits per heavy atom. The molecule has 0 saturated heterocycles. The number of hydrogen-bond acceptors (Lipinski definition) is 4. The summed E-state index contributed by atoms with van der Waals surface area (Å²) in [6.45, 7) is 13.0. The van der Waals surface area contributed by atoms with Crippen molar-refractivity contribution in [1.82, 2.24) is 4.57 Å². The Kier molecular flexibility index (Phi) is 6.54. The maximum absolute atomic E-state index is 13.0. The Balaban J connectivity index is 2.74. The van der Waals surface area contributed by atoms with Crippen LogP contribution in [0.3, 0.4) is 0 Å². The van der Waals surface area contributed by atoms with Crippen molar-refractivity contribution in [1.29, 1.82) is 5.26 Å². The highest BCUT2D eigenvalue weighted by Gasteiger charge is 2.20. The van der Waals surface area contributed by atoms with E-state index in [1.165, 1.54) is 0 Å². The van der Waals surface area contributed by atoms with E-state index in [1.54, 1.807) is 16.7 Å². The van der Waals surface area contributed by atoms with Crippen molar-refractivity contribution in [2.45, 2.75) is 66.5 Å². The Morgan fingerprint density at radius 2 is 1.93 bits per heavy atom. The van der Waals surface area contributed by atoms with Crippen molar-refractivity contribution < 1.29 is 9.47 Å². The molecule has 146 valence electrons. The normalized spacial score (nSPS) is 11.6. The third kappa shape index (κ3) is 5.03. The summed E-state index contributed by atoms with van der Waals surface area (Å²) < 4.78 is 13.5. The van der Waals surface area contributed by atoms with Gasteiger partial charge in [0.1, 0.15) is 17.4 Å². The Morgan fingerprint density at radius 1 is 1.22 bits per heavy atom. The van der Waals surface area contributed by atoms with Gasteiger partial charge in [-0.2, -0.15) is 5.26 Å². The first-order valence-electron chi connectivity index (χ1n) is 9.60. The zero-order valence-corrected chi connectivity index (χ0v) is 17.3. The third-order valence-electron chi connectivity index (χ3n) is 4.02. The van der Waals surface area contributed by atoms with E-state index in [1.807, 2.05) is 40.7 Å². The zero-order chi connectivity index (χ0) is 20.2. The van der Waals surface area contributed by atoms with Gasteiger partial charge in [0.05, 0.1) is 12.0 Å². The second-order valence-electron chi connectivity index (χ2n) is 8.22. The number of pyridine rings is 1. The van der Waals surface area contributed by atoms with Crippen molar-refractivity contribution in [3.63, 3.8) is 0 Å². The fraction of sp³-hybridized carbons (Fsp3) is 0.545. The highest BCUT2D eigenvalue weighted by atomic mass is 16.5. The van der Waals surface area contributed by atoms with E-state index in [0.717, 1.165) is 12.8 Å². The van der Waals surface area contributed by atoms with Crippen LogP contribution in [0, 0.1) is 17.2 Å². The third-order valence-corrected chi connectivity index (χ3v) is 4.02. The largest absolute Gasteiger partial charge is 0.490 e. The van der Waals surface area contributed by atoms with Crippen LogP contribution >= 0.6 is 0 Å². The number of unbranched alkanes of at least 4 members (excludes halogenated alkanes) is 1. The van der Waals surface area contributed by atoms with Crippen LogP contribution < -0.4 is 15.0 Å². The van der Waals surface area contributed by atoms with Crippen molar-refractivity contribution in [2.75, 3.05) is 6.61 Å². The smallest absolute Gasteiger partial charge is 0.259 e. The lowest BCUT2D eigenvalue weighted by Gasteiger charge is -2.22. The Bertz CT molecular complexity index is 899. The van der Waals surface area contributed by atoms with Crippen molar-refractivity contribution >= 4 is 10.8 Å². The Labute approximate surface area is 161 Å². The van der Waals surface area contributed by atoms with E-state index < -0.39 is 0 Å². The van der Waals surface area contributed by atoms with E-state index in [2.05, 4.69) is 13.0 Å². The average molecular weight is 370 g/mol. The number of nitriles is 1. The van der Waals surface area contributed by atoms with Crippen molar-refractivity contribution in [3.8, 4) is 17.6 Å². The van der Waals surface area contributed by atoms with Crippen LogP contribution in [0.25, 0.3) is 10.8 Å². The molecule has 0 unspecified atom stereocenters. The molecule has 0 atom stereocenters. The minimum Gasteiger partial charge on any atom is -0.490 e. The predicted octanol–water partition coefficient (Wildman–Crippen LogP) is 4.89. The van der Waals surface area contributed by atoms with E-state index in [-0.39, 0.29) is 22.8 Å². The van der Waals surface area contributed by atoms with Gasteiger partial charge >= 0.3 is 0 Å². The van der Waals surface area contributed by atoms with Crippen molar-refractivity contribution in [2.24, 2.45) is 5.92 Å². The van der Waals surface area contributed by atoms with Gasteiger partial charge in [0.2, 0.25) is 0 Å². The van der Waals surface area contributed by atoms with E-state index in [0.29, 0.717) is 35.4 Å². The average Bonchev–Trinajstić information content (AvgIpc) is 2.57. The van der Waals surface area contributed by atoms with Crippen LogP contribution in [0.5, 0.6) is 11.5 Å². The lowest BCUT2D eigenvalue weighted by Crippen LogP contribution is -2.26. The molecule has 5 nitrogen and oxygen atoms in total. The first kappa shape index (κ1) is 20.8. The molecule has 1 heterocycles. The van der Waals surface area contributed by atoms with Crippen LogP contribution in [0.4, 0.5) is 0 Å². The molecule has 0 aliphatic heterocycles. The van der Waals surface area contributed by atoms with E-state index in [9.17, 15) is 10.1 Å². The van der Waals surface area contributed by atoms with Crippen LogP contribution in [-0.2, 0) is 6.54 Å². The molecule has 1 aromatic heterocycles. The SMILES string of the molecule is CCCCOc1c(C#N)n(CC(C)C)c(=O)c2ccc(OC(C)(C)C)cc12. The fourth-order valence-corrected chi connectivity index (χ4v) is 2.93. The van der Waals surface area contributed by atoms with Gasteiger partial charge in [-0.25, -0.2) is 0 Å². The van der Waals surface area contributed by atoms with Crippen molar-refractivity contribution in [3.05, 3.63) is 34.2 Å². The van der Waals surface area contributed by atoms with Gasteiger partial charge in [-0.3, -0.25) is 9.36 Å². The molecule has 1 aromatic carbocycles. The van der Waals surface area contributed by atoms with E-state index in [4.69, 9.17) is 9.47 Å². The summed E-state index contributed by atoms with van der Waals surface area (Å²) in [5.74, 6) is 1.36. The monoisotopic (exact) mass is 370 g/mol. The molecule has 2 rings (SSSR count). The lowest BCUT2D eigenvalue weighted by molar-refractivity contribution is 0.131. The number of rotatable bonds is 7. The maximum Gasteiger partial charge on any atom is 0.259 e. The summed E-state index contributed by atoms with van der Waals surface area (Å²) >= 11 is 0. The van der Waals surface area contributed by atoms with Gasteiger partial charge in [-0.15, -0.1) is 0 Å². The number of hydrogen-bond donors (Lipinski definition) is 0. The van der Waals surface area contributed by atoms with Gasteiger partial charge in [0, 0.05) is 11.9 Å². The standard InChI is InChI=1S/C22H30N2O3/c1-7-8-11-26-20-18-12-16(27-22(4,5)6)9-10-17(18)21(25)24(14-15(2)3)19(20)13-23/h9-10,12,15H,7-8,11,14H2,1-6H3. The molecule has 0 saturated carbocycles. The number of benzene rings is 1. The summed E-state index contributed by atoms with van der Waals surface area (Å²) in [6.07, 6.45) is 1.87. The van der Waals surface area contributed by atoms with Gasteiger partial charge in [-0.1, -0.05) is 27.2 Å². The topological polar surface area (TPSA) is 64.2 Å². The molecule has 0 aliphatic rings. The van der Waals surface area contributed by atoms with E-state index >= 15 is 0 Å². The molecular formula is C22H30N2O3. The molecule has 0 amide bonds. The fourth-order valence-electron chi connectivity index (χ4n) is 2.93. The summed E-state index contributed by atoms with van der Waals surface area (Å²) in [6, 6.07) is 7.57. The number of ether oxygens (including phenoxy) is 2. The minimum absolute atomic E-state index is 0.166. The summed E-state index contributed by atoms with van der Waals surface area (Å²) in [5.41, 5.74) is -0.243. The molecule has 0 fully saturated rings. The van der Waals surface area contributed by atoms with Crippen LogP contribution in [0.15, 0.2) is 23.0 Å². The molecule has 0 N–H and O–H groups in total. The van der Waals surface area contributed by atoms with Gasteiger partial charge in [-0.05, 0) is 51.3 Å². The molecule has 27 heavy (non-hydrogen) atoms. The molecule has 0 radical (unpaired) electrons. The molecular weight excluding hydrogens is 340 g/mol. The second-order valence-corrected chi connectivity index (χ2v) is 8.22. The van der Waals surface area contributed by atoms with Gasteiger partial charge < -0.3 is 9.47 Å². The van der Waals surface area contributed by atoms with Crippen LogP contribution in [-0.4, -0.2) is 16.8 Å². The molecule has 5 heteroatoms. The minimum atomic E-state index is -0.360. The summed E-state index contributed by atoms with van der Waals surface area (Å²) in [7, 11) is 0. The molecule has 0 aliphatic carbocycles. The summed E-state index contributed by atoms with van der Waals surface area (Å²) in [5, 5.41) is 11.0. The summed E-state index contributed by atoms with van der Waals surface area (Å²) in [4.78, 5) is 13.0. The highest BCUT2D eigenvalue weighted by Crippen LogP contribution is 2.32. The quantitative estimate of drug-likeness (QED) is 0.651. The zero-order valence-electron chi connectivity index (χ0n) is 17.3. The van der Waals surface area contributed by atoms with Gasteiger partial charge in [0.25, 0.3) is 5.56 Å². The first-order chi connectivity index (χ1) is 12.7. The predicted molar refractivity (Wildman–Crippen MR) is 109 cm³/mol.